The van der Waals surface area contributed by atoms with Crippen LogP contribution in [-0.4, -0.2) is 35.4 Å². The number of carbonyl (C=O) groups excluding carboxylic acids is 1. The Morgan fingerprint density at radius 2 is 1.76 bits per heavy atom. The molecule has 0 aliphatic carbocycles. The number of amides is 1. The molecule has 3 heterocycles. The normalized spacial score (nSPS) is 15.7. The second-order valence-corrected chi connectivity index (χ2v) is 10.1. The maximum Gasteiger partial charge on any atom is 0.252 e. The van der Waals surface area contributed by atoms with E-state index in [0.717, 1.165) is 45.1 Å². The first-order chi connectivity index (χ1) is 16.7. The summed E-state index contributed by atoms with van der Waals surface area (Å²) >= 11 is 8.25. The number of thiophene rings is 1. The maximum absolute atomic E-state index is 13.6. The van der Waals surface area contributed by atoms with E-state index in [1.807, 2.05) is 66.0 Å². The van der Waals surface area contributed by atoms with Gasteiger partial charge in [0.2, 0.25) is 0 Å². The largest absolute Gasteiger partial charge is 0.350 e. The standard InChI is InChI=1S/C28H28ClN3OS/c29-23-12-5-3-11-21(23)26(32-15-7-1-2-8-16-32)19-30-28(33)22-18-25(27-14-9-17-34-27)31-24-13-6-4-10-20(22)24/h3-6,9-14,17-18,26H,1-2,7-8,15-16,19H2,(H,30,33). The zero-order valence-electron chi connectivity index (χ0n) is 19.0. The summed E-state index contributed by atoms with van der Waals surface area (Å²) in [4.78, 5) is 21.9. The Morgan fingerprint density at radius 3 is 2.53 bits per heavy atom. The van der Waals surface area contributed by atoms with Crippen LogP contribution in [0, 0.1) is 0 Å². The molecular weight excluding hydrogens is 462 g/mol. The summed E-state index contributed by atoms with van der Waals surface area (Å²) in [7, 11) is 0. The molecule has 2 aromatic heterocycles. The number of carbonyl (C=O) groups is 1. The summed E-state index contributed by atoms with van der Waals surface area (Å²) in [6.45, 7) is 2.55. The van der Waals surface area contributed by atoms with Gasteiger partial charge in [0.15, 0.2) is 0 Å². The average Bonchev–Trinajstić information content (AvgIpc) is 3.28. The molecule has 1 aliphatic rings. The summed E-state index contributed by atoms with van der Waals surface area (Å²) in [5, 5.41) is 6.89. The third kappa shape index (κ3) is 5.02. The van der Waals surface area contributed by atoms with Crippen molar-refractivity contribution >= 4 is 39.7 Å². The molecule has 0 saturated carbocycles. The fourth-order valence-electron chi connectivity index (χ4n) is 4.79. The summed E-state index contributed by atoms with van der Waals surface area (Å²) < 4.78 is 0. The van der Waals surface area contributed by atoms with Crippen molar-refractivity contribution in [1.82, 2.24) is 15.2 Å². The summed E-state index contributed by atoms with van der Waals surface area (Å²) in [5.74, 6) is -0.0803. The van der Waals surface area contributed by atoms with Gasteiger partial charge in [0.25, 0.3) is 5.91 Å². The summed E-state index contributed by atoms with van der Waals surface area (Å²) in [6.07, 6.45) is 4.86. The van der Waals surface area contributed by atoms with Gasteiger partial charge in [0, 0.05) is 17.0 Å². The molecule has 1 amide bonds. The lowest BCUT2D eigenvalue weighted by Gasteiger charge is -2.32. The minimum Gasteiger partial charge on any atom is -0.350 e. The summed E-state index contributed by atoms with van der Waals surface area (Å²) in [6, 6.07) is 21.9. The quantitative estimate of drug-likeness (QED) is 0.318. The van der Waals surface area contributed by atoms with Gasteiger partial charge in [0.1, 0.15) is 0 Å². The third-order valence-electron chi connectivity index (χ3n) is 6.54. The summed E-state index contributed by atoms with van der Waals surface area (Å²) in [5.41, 5.74) is 3.38. The van der Waals surface area contributed by atoms with Crippen molar-refractivity contribution in [2.45, 2.75) is 31.7 Å². The van der Waals surface area contributed by atoms with Gasteiger partial charge in [-0.3, -0.25) is 9.69 Å². The molecule has 1 aliphatic heterocycles. The monoisotopic (exact) mass is 489 g/mol. The van der Waals surface area contributed by atoms with Gasteiger partial charge in [-0.15, -0.1) is 11.3 Å². The number of rotatable bonds is 6. The van der Waals surface area contributed by atoms with Gasteiger partial charge in [-0.05, 0) is 61.1 Å². The number of halogens is 1. The smallest absolute Gasteiger partial charge is 0.252 e. The topological polar surface area (TPSA) is 45.2 Å². The minimum atomic E-state index is -0.0803. The lowest BCUT2D eigenvalue weighted by molar-refractivity contribution is 0.0935. The van der Waals surface area contributed by atoms with Crippen LogP contribution in [0.2, 0.25) is 5.02 Å². The molecule has 0 radical (unpaired) electrons. The molecule has 34 heavy (non-hydrogen) atoms. The molecule has 6 heteroatoms. The van der Waals surface area contributed by atoms with E-state index in [9.17, 15) is 4.79 Å². The van der Waals surface area contributed by atoms with Crippen molar-refractivity contribution in [3.63, 3.8) is 0 Å². The Kier molecular flexibility index (Phi) is 7.24. The SMILES string of the molecule is O=C(NCC(c1ccccc1Cl)N1CCCCCC1)c1cc(-c2cccs2)nc2ccccc12. The van der Waals surface area contributed by atoms with E-state index in [1.165, 1.54) is 25.7 Å². The number of pyridine rings is 1. The lowest BCUT2D eigenvalue weighted by atomic mass is 10.0. The van der Waals surface area contributed by atoms with Crippen LogP contribution in [-0.2, 0) is 0 Å². The molecule has 1 saturated heterocycles. The fraction of sp³-hybridized carbons (Fsp3) is 0.286. The zero-order chi connectivity index (χ0) is 23.3. The van der Waals surface area contributed by atoms with Gasteiger partial charge in [-0.2, -0.15) is 0 Å². The molecule has 2 aromatic carbocycles. The molecule has 5 rings (SSSR count). The Balaban J connectivity index is 1.45. The van der Waals surface area contributed by atoms with Gasteiger partial charge in [-0.1, -0.05) is 66.9 Å². The lowest BCUT2D eigenvalue weighted by Crippen LogP contribution is -2.39. The molecule has 0 bridgehead atoms. The molecule has 1 atom stereocenters. The number of hydrogen-bond acceptors (Lipinski definition) is 4. The van der Waals surface area contributed by atoms with Crippen molar-refractivity contribution < 1.29 is 4.79 Å². The predicted molar refractivity (Wildman–Crippen MR) is 142 cm³/mol. The molecule has 1 N–H and O–H groups in total. The first kappa shape index (κ1) is 23.0. The number of aromatic nitrogens is 1. The maximum atomic E-state index is 13.6. The number of para-hydroxylation sites is 1. The first-order valence-electron chi connectivity index (χ1n) is 11.9. The van der Waals surface area contributed by atoms with Crippen LogP contribution >= 0.6 is 22.9 Å². The van der Waals surface area contributed by atoms with Crippen LogP contribution < -0.4 is 5.32 Å². The average molecular weight is 490 g/mol. The fourth-order valence-corrected chi connectivity index (χ4v) is 5.73. The third-order valence-corrected chi connectivity index (χ3v) is 7.77. The highest BCUT2D eigenvalue weighted by Gasteiger charge is 2.24. The Morgan fingerprint density at radius 1 is 1.00 bits per heavy atom. The van der Waals surface area contributed by atoms with E-state index in [0.29, 0.717) is 12.1 Å². The number of nitrogens with zero attached hydrogens (tertiary/aromatic N) is 2. The van der Waals surface area contributed by atoms with E-state index in [4.69, 9.17) is 16.6 Å². The molecule has 1 unspecified atom stereocenters. The molecule has 0 spiro atoms. The van der Waals surface area contributed by atoms with Gasteiger partial charge in [0.05, 0.1) is 27.7 Å². The molecule has 4 aromatic rings. The zero-order valence-corrected chi connectivity index (χ0v) is 20.6. The van der Waals surface area contributed by atoms with Crippen molar-refractivity contribution in [3.8, 4) is 10.6 Å². The predicted octanol–water partition coefficient (Wildman–Crippen LogP) is 6.96. The molecular formula is C28H28ClN3OS. The molecule has 4 nitrogen and oxygen atoms in total. The van der Waals surface area contributed by atoms with E-state index in [1.54, 1.807) is 11.3 Å². The van der Waals surface area contributed by atoms with Crippen LogP contribution in [0.1, 0.15) is 47.6 Å². The highest BCUT2D eigenvalue weighted by molar-refractivity contribution is 7.13. The van der Waals surface area contributed by atoms with Crippen LogP contribution in [0.15, 0.2) is 72.1 Å². The van der Waals surface area contributed by atoms with E-state index < -0.39 is 0 Å². The minimum absolute atomic E-state index is 0.0422. The highest BCUT2D eigenvalue weighted by Crippen LogP contribution is 2.30. The van der Waals surface area contributed by atoms with E-state index >= 15 is 0 Å². The van der Waals surface area contributed by atoms with Crippen LogP contribution in [0.25, 0.3) is 21.5 Å². The highest BCUT2D eigenvalue weighted by atomic mass is 35.5. The van der Waals surface area contributed by atoms with Crippen molar-refractivity contribution in [1.29, 1.82) is 0 Å². The number of nitrogens with one attached hydrogen (secondary N) is 1. The van der Waals surface area contributed by atoms with Crippen molar-refractivity contribution in [2.24, 2.45) is 0 Å². The second kappa shape index (κ2) is 10.7. The number of likely N-dealkylation sites (tertiary alicyclic amines) is 1. The van der Waals surface area contributed by atoms with Crippen LogP contribution in [0.4, 0.5) is 0 Å². The van der Waals surface area contributed by atoms with Crippen LogP contribution in [0.3, 0.4) is 0 Å². The van der Waals surface area contributed by atoms with Crippen LogP contribution in [0.5, 0.6) is 0 Å². The second-order valence-electron chi connectivity index (χ2n) is 8.75. The van der Waals surface area contributed by atoms with Crippen molar-refractivity contribution in [3.05, 3.63) is 88.3 Å². The van der Waals surface area contributed by atoms with Gasteiger partial charge >= 0.3 is 0 Å². The van der Waals surface area contributed by atoms with E-state index in [-0.39, 0.29) is 11.9 Å². The molecule has 1 fully saturated rings. The van der Waals surface area contributed by atoms with E-state index in [2.05, 4.69) is 16.3 Å². The Hall–Kier alpha value is -2.73. The van der Waals surface area contributed by atoms with Gasteiger partial charge in [-0.25, -0.2) is 4.98 Å². The number of benzene rings is 2. The molecule has 174 valence electrons. The van der Waals surface area contributed by atoms with Crippen molar-refractivity contribution in [2.75, 3.05) is 19.6 Å². The number of hydrogen-bond donors (Lipinski definition) is 1. The number of fused-ring (bicyclic) bond motifs is 1. The van der Waals surface area contributed by atoms with Gasteiger partial charge < -0.3 is 5.32 Å². The first-order valence-corrected chi connectivity index (χ1v) is 13.2. The Bertz CT molecular complexity index is 1270. The Labute approximate surface area is 209 Å².